The summed E-state index contributed by atoms with van der Waals surface area (Å²) in [6, 6.07) is 0.359. The first-order chi connectivity index (χ1) is 6.79. The lowest BCUT2D eigenvalue weighted by Crippen LogP contribution is -2.10. The molecule has 1 rings (SSSR count). The molecule has 0 heterocycles. The molecular weight excluding hydrogens is 283 g/mol. The van der Waals surface area contributed by atoms with Crippen molar-refractivity contribution in [2.24, 2.45) is 0 Å². The zero-order chi connectivity index (χ0) is 11.8. The predicted octanol–water partition coefficient (Wildman–Crippen LogP) is 4.39. The minimum absolute atomic E-state index is 0.359. The molecule has 0 N–H and O–H groups in total. The first kappa shape index (κ1) is 12.2. The molecule has 0 radical (unpaired) electrons. The number of hydrogen-bond donors (Lipinski definition) is 0. The second-order valence-corrected chi connectivity index (χ2v) is 3.50. The summed E-state index contributed by atoms with van der Waals surface area (Å²) in [6.07, 6.45) is -4.16. The molecule has 0 nitrogen and oxygen atoms in total. The van der Waals surface area contributed by atoms with Crippen molar-refractivity contribution >= 4 is 22.0 Å². The second-order valence-electron chi connectivity index (χ2n) is 2.65. The van der Waals surface area contributed by atoms with Crippen molar-refractivity contribution in [2.75, 3.05) is 0 Å². The third kappa shape index (κ3) is 2.19. The number of benzene rings is 1. The van der Waals surface area contributed by atoms with Crippen LogP contribution in [0.2, 0.25) is 0 Å². The number of hydrogen-bond acceptors (Lipinski definition) is 0. The fraction of sp³-hybridized carbons (Fsp3) is 0.111. The van der Waals surface area contributed by atoms with Crippen molar-refractivity contribution < 1.29 is 22.0 Å². The average molecular weight is 287 g/mol. The molecule has 0 aliphatic heterocycles. The molecule has 0 spiro atoms. The predicted molar refractivity (Wildman–Crippen MR) is 49.2 cm³/mol. The van der Waals surface area contributed by atoms with Gasteiger partial charge in [0, 0.05) is 5.56 Å². The monoisotopic (exact) mass is 286 g/mol. The van der Waals surface area contributed by atoms with Gasteiger partial charge < -0.3 is 0 Å². The van der Waals surface area contributed by atoms with E-state index < -0.39 is 33.4 Å². The van der Waals surface area contributed by atoms with Crippen LogP contribution in [0.5, 0.6) is 0 Å². The van der Waals surface area contributed by atoms with Gasteiger partial charge in [-0.2, -0.15) is 13.2 Å². The van der Waals surface area contributed by atoms with Gasteiger partial charge in [-0.15, -0.1) is 0 Å². The van der Waals surface area contributed by atoms with Gasteiger partial charge in [-0.3, -0.25) is 0 Å². The number of alkyl halides is 3. The van der Waals surface area contributed by atoms with Gasteiger partial charge in [0.1, 0.15) is 11.6 Å². The molecule has 0 aromatic heterocycles. The Morgan fingerprint density at radius 2 is 1.73 bits per heavy atom. The first-order valence-electron chi connectivity index (χ1n) is 3.66. The van der Waals surface area contributed by atoms with E-state index in [2.05, 4.69) is 22.5 Å². The number of rotatable bonds is 1. The van der Waals surface area contributed by atoms with Crippen molar-refractivity contribution in [1.82, 2.24) is 0 Å². The molecule has 15 heavy (non-hydrogen) atoms. The van der Waals surface area contributed by atoms with Crippen LogP contribution >= 0.6 is 15.9 Å². The van der Waals surface area contributed by atoms with Crippen LogP contribution in [-0.4, -0.2) is 0 Å². The van der Waals surface area contributed by atoms with Gasteiger partial charge in [-0.25, -0.2) is 8.78 Å². The van der Waals surface area contributed by atoms with Crippen LogP contribution in [0.4, 0.5) is 22.0 Å². The van der Waals surface area contributed by atoms with Crippen LogP contribution in [0.3, 0.4) is 0 Å². The van der Waals surface area contributed by atoms with Gasteiger partial charge in [0.2, 0.25) is 0 Å². The van der Waals surface area contributed by atoms with Crippen molar-refractivity contribution in [1.29, 1.82) is 0 Å². The lowest BCUT2D eigenvalue weighted by atomic mass is 10.1. The van der Waals surface area contributed by atoms with Gasteiger partial charge in [0.15, 0.2) is 0 Å². The van der Waals surface area contributed by atoms with Crippen LogP contribution in [0, 0.1) is 11.6 Å². The Hall–Kier alpha value is -0.910. The van der Waals surface area contributed by atoms with Gasteiger partial charge in [0.05, 0.1) is 10.0 Å². The Kier molecular flexibility index (Phi) is 3.18. The maximum Gasteiger partial charge on any atom is 0.419 e. The second kappa shape index (κ2) is 3.92. The molecule has 0 aliphatic carbocycles. The molecule has 0 unspecified atom stereocenters. The smallest absolute Gasteiger partial charge is 0.206 e. The summed E-state index contributed by atoms with van der Waals surface area (Å²) in [5, 5.41) is 0. The quantitative estimate of drug-likeness (QED) is 0.531. The minimum Gasteiger partial charge on any atom is -0.206 e. The third-order valence-corrected chi connectivity index (χ3v) is 2.28. The molecule has 0 aliphatic rings. The molecule has 0 fully saturated rings. The highest BCUT2D eigenvalue weighted by molar-refractivity contribution is 9.10. The van der Waals surface area contributed by atoms with E-state index in [0.29, 0.717) is 12.1 Å². The fourth-order valence-corrected chi connectivity index (χ4v) is 1.45. The standard InChI is InChI=1S/C9H4BrF5/c1-2-4-7(11)5(9(13,14)15)3-6(10)8(4)12/h2-3H,1H2. The Morgan fingerprint density at radius 1 is 1.20 bits per heavy atom. The van der Waals surface area contributed by atoms with Gasteiger partial charge in [-0.05, 0) is 22.0 Å². The van der Waals surface area contributed by atoms with E-state index in [4.69, 9.17) is 0 Å². The normalized spacial score (nSPS) is 11.6. The van der Waals surface area contributed by atoms with Crippen molar-refractivity contribution in [3.63, 3.8) is 0 Å². The van der Waals surface area contributed by atoms with Gasteiger partial charge in [0.25, 0.3) is 0 Å². The van der Waals surface area contributed by atoms with Crippen LogP contribution in [0.15, 0.2) is 17.1 Å². The summed E-state index contributed by atoms with van der Waals surface area (Å²) in [5.74, 6) is -2.76. The summed E-state index contributed by atoms with van der Waals surface area (Å²) < 4.78 is 62.6. The molecule has 1 aromatic rings. The van der Waals surface area contributed by atoms with E-state index in [1.807, 2.05) is 0 Å². The van der Waals surface area contributed by atoms with Crippen molar-refractivity contribution in [3.8, 4) is 0 Å². The largest absolute Gasteiger partial charge is 0.419 e. The van der Waals surface area contributed by atoms with Crippen molar-refractivity contribution in [2.45, 2.75) is 6.18 Å². The molecule has 0 amide bonds. The van der Waals surface area contributed by atoms with Gasteiger partial charge in [-0.1, -0.05) is 12.7 Å². The minimum atomic E-state index is -4.86. The zero-order valence-corrected chi connectivity index (χ0v) is 8.72. The molecule has 1 aromatic carbocycles. The fourth-order valence-electron chi connectivity index (χ4n) is 1.01. The first-order valence-corrected chi connectivity index (χ1v) is 4.45. The van der Waals surface area contributed by atoms with Crippen LogP contribution in [0.1, 0.15) is 11.1 Å². The Labute approximate surface area is 90.5 Å². The lowest BCUT2D eigenvalue weighted by molar-refractivity contribution is -0.140. The highest BCUT2D eigenvalue weighted by Gasteiger charge is 2.36. The lowest BCUT2D eigenvalue weighted by Gasteiger charge is -2.11. The molecule has 6 heteroatoms. The summed E-state index contributed by atoms with van der Waals surface area (Å²) >= 11 is 2.57. The van der Waals surface area contributed by atoms with E-state index in [1.165, 1.54) is 0 Å². The zero-order valence-electron chi connectivity index (χ0n) is 7.13. The Balaban J connectivity index is 3.58. The molecule has 0 saturated heterocycles. The molecule has 0 atom stereocenters. The SMILES string of the molecule is C=Cc1c(F)c(Br)cc(C(F)(F)F)c1F. The van der Waals surface area contributed by atoms with Crippen molar-refractivity contribution in [3.05, 3.63) is 39.9 Å². The van der Waals surface area contributed by atoms with E-state index >= 15 is 0 Å². The van der Waals surface area contributed by atoms with E-state index in [-0.39, 0.29) is 0 Å². The highest BCUT2D eigenvalue weighted by atomic mass is 79.9. The third-order valence-electron chi connectivity index (χ3n) is 1.70. The van der Waals surface area contributed by atoms with Crippen LogP contribution in [0.25, 0.3) is 6.08 Å². The summed E-state index contributed by atoms with van der Waals surface area (Å²) in [6.45, 7) is 3.05. The maximum absolute atomic E-state index is 13.2. The van der Waals surface area contributed by atoms with Crippen LogP contribution in [-0.2, 0) is 6.18 Å². The highest BCUT2D eigenvalue weighted by Crippen LogP contribution is 2.36. The van der Waals surface area contributed by atoms with E-state index in [9.17, 15) is 22.0 Å². The van der Waals surface area contributed by atoms with Gasteiger partial charge >= 0.3 is 6.18 Å². The Morgan fingerprint density at radius 3 is 2.13 bits per heavy atom. The average Bonchev–Trinajstić information content (AvgIpc) is 2.10. The topological polar surface area (TPSA) is 0 Å². The molecule has 0 saturated carbocycles. The molecular formula is C9H4BrF5. The Bertz CT molecular complexity index is 408. The molecule has 0 bridgehead atoms. The maximum atomic E-state index is 13.2. The summed E-state index contributed by atoms with van der Waals surface area (Å²) in [4.78, 5) is 0. The molecule has 82 valence electrons. The van der Waals surface area contributed by atoms with E-state index in [1.54, 1.807) is 0 Å². The summed E-state index contributed by atoms with van der Waals surface area (Å²) in [7, 11) is 0. The summed E-state index contributed by atoms with van der Waals surface area (Å²) in [5.41, 5.74) is -2.32. The van der Waals surface area contributed by atoms with E-state index in [0.717, 1.165) is 0 Å². The van der Waals surface area contributed by atoms with Crippen LogP contribution < -0.4 is 0 Å². The number of halogens is 6.